The molecule has 0 saturated carbocycles. The van der Waals surface area contributed by atoms with E-state index in [1.807, 2.05) is 38.2 Å². The van der Waals surface area contributed by atoms with Crippen molar-refractivity contribution in [2.75, 3.05) is 0 Å². The molecular weight excluding hydrogens is 184 g/mol. The quantitative estimate of drug-likeness (QED) is 0.654. The Balaban J connectivity index is 3.26. The lowest BCUT2D eigenvalue weighted by Gasteiger charge is -1.90. The maximum absolute atomic E-state index is 5.65. The highest BCUT2D eigenvalue weighted by atomic mass is 16.3. The van der Waals surface area contributed by atoms with Crippen LogP contribution >= 0.6 is 0 Å². The molecule has 1 heteroatoms. The van der Waals surface area contributed by atoms with Crippen LogP contribution in [0, 0.1) is 6.92 Å². The van der Waals surface area contributed by atoms with Crippen molar-refractivity contribution in [1.82, 2.24) is 0 Å². The monoisotopic (exact) mass is 200 g/mol. The summed E-state index contributed by atoms with van der Waals surface area (Å²) >= 11 is 0. The molecule has 0 bridgehead atoms. The maximum atomic E-state index is 5.65. The van der Waals surface area contributed by atoms with Gasteiger partial charge >= 0.3 is 0 Å². The zero-order valence-electron chi connectivity index (χ0n) is 9.29. The highest BCUT2D eigenvalue weighted by Crippen LogP contribution is 2.25. The van der Waals surface area contributed by atoms with E-state index >= 15 is 0 Å². The third-order valence-corrected chi connectivity index (χ3v) is 2.16. The summed E-state index contributed by atoms with van der Waals surface area (Å²) in [5.74, 6) is 1.67. The molecule has 1 nitrogen and oxygen atoms in total. The first-order chi connectivity index (χ1) is 7.24. The van der Waals surface area contributed by atoms with Gasteiger partial charge < -0.3 is 4.42 Å². The van der Waals surface area contributed by atoms with E-state index in [1.165, 1.54) is 0 Å². The molecule has 0 aliphatic carbocycles. The molecule has 1 rings (SSSR count). The lowest BCUT2D eigenvalue weighted by molar-refractivity contribution is 0.545. The Hall–Kier alpha value is -1.76. The van der Waals surface area contributed by atoms with Crippen LogP contribution in [-0.2, 0) is 0 Å². The van der Waals surface area contributed by atoms with Crippen molar-refractivity contribution in [3.63, 3.8) is 0 Å². The number of furan rings is 1. The van der Waals surface area contributed by atoms with Gasteiger partial charge in [-0.15, -0.1) is 0 Å². The van der Waals surface area contributed by atoms with E-state index in [-0.39, 0.29) is 0 Å². The Bertz CT molecular complexity index is 417. The van der Waals surface area contributed by atoms with Crippen molar-refractivity contribution in [1.29, 1.82) is 0 Å². The average molecular weight is 200 g/mol. The molecule has 1 aromatic heterocycles. The summed E-state index contributed by atoms with van der Waals surface area (Å²) in [6, 6.07) is 0. The standard InChI is InChI=1S/C14H16O/c1-5-8-10-14-11(4)12(9-6-2)13(7-3)15-14/h5-10H,1,3H2,2,4H3/b9-6-,10-8-. The molecule has 1 aromatic rings. The lowest BCUT2D eigenvalue weighted by atomic mass is 10.1. The number of hydrogen-bond acceptors (Lipinski definition) is 1. The molecule has 0 radical (unpaired) electrons. The fraction of sp³-hybridized carbons (Fsp3) is 0.143. The smallest absolute Gasteiger partial charge is 0.134 e. The van der Waals surface area contributed by atoms with Crippen molar-refractivity contribution < 1.29 is 4.42 Å². The predicted octanol–water partition coefficient (Wildman–Crippen LogP) is 4.46. The fourth-order valence-electron chi connectivity index (χ4n) is 1.41. The summed E-state index contributed by atoms with van der Waals surface area (Å²) in [5.41, 5.74) is 2.22. The second kappa shape index (κ2) is 5.20. The van der Waals surface area contributed by atoms with Gasteiger partial charge in [0, 0.05) is 11.1 Å². The Kier molecular flexibility index (Phi) is 3.92. The molecule has 0 aliphatic rings. The van der Waals surface area contributed by atoms with E-state index in [1.54, 1.807) is 12.2 Å². The second-order valence-electron chi connectivity index (χ2n) is 3.17. The van der Waals surface area contributed by atoms with Crippen molar-refractivity contribution in [3.8, 4) is 0 Å². The zero-order valence-corrected chi connectivity index (χ0v) is 9.29. The highest BCUT2D eigenvalue weighted by molar-refractivity contribution is 5.68. The summed E-state index contributed by atoms with van der Waals surface area (Å²) in [5, 5.41) is 0. The third-order valence-electron chi connectivity index (χ3n) is 2.16. The second-order valence-corrected chi connectivity index (χ2v) is 3.17. The molecule has 0 atom stereocenters. The largest absolute Gasteiger partial charge is 0.456 e. The molecule has 0 aliphatic heterocycles. The summed E-state index contributed by atoms with van der Waals surface area (Å²) < 4.78 is 5.65. The van der Waals surface area contributed by atoms with Crippen LogP contribution in [0.4, 0.5) is 0 Å². The summed E-state index contributed by atoms with van der Waals surface area (Å²) in [6.07, 6.45) is 11.2. The van der Waals surface area contributed by atoms with Crippen molar-refractivity contribution >= 4 is 18.2 Å². The van der Waals surface area contributed by atoms with E-state index in [2.05, 4.69) is 13.2 Å². The number of hydrogen-bond donors (Lipinski definition) is 0. The first kappa shape index (κ1) is 11.3. The van der Waals surface area contributed by atoms with E-state index in [4.69, 9.17) is 4.42 Å². The van der Waals surface area contributed by atoms with Gasteiger partial charge in [-0.3, -0.25) is 0 Å². The summed E-state index contributed by atoms with van der Waals surface area (Å²) in [7, 11) is 0. The molecule has 1 heterocycles. The van der Waals surface area contributed by atoms with Gasteiger partial charge in [0.1, 0.15) is 11.5 Å². The molecule has 0 unspecified atom stereocenters. The van der Waals surface area contributed by atoms with Crippen molar-refractivity contribution in [3.05, 3.63) is 54.0 Å². The van der Waals surface area contributed by atoms with Gasteiger partial charge in [-0.1, -0.05) is 37.5 Å². The van der Waals surface area contributed by atoms with Crippen LogP contribution in [0.15, 0.2) is 35.8 Å². The Labute approximate surface area is 91.1 Å². The maximum Gasteiger partial charge on any atom is 0.134 e. The molecule has 0 saturated heterocycles. The minimum Gasteiger partial charge on any atom is -0.456 e. The molecule has 0 spiro atoms. The minimum atomic E-state index is 0.814. The SMILES string of the molecule is C=C/C=C\c1oc(C=C)c(/C=C\C)c1C. The van der Waals surface area contributed by atoms with Crippen LogP contribution in [0.1, 0.15) is 29.6 Å². The predicted molar refractivity (Wildman–Crippen MR) is 67.5 cm³/mol. The van der Waals surface area contributed by atoms with E-state index in [9.17, 15) is 0 Å². The van der Waals surface area contributed by atoms with Crippen LogP contribution in [0.3, 0.4) is 0 Å². The number of allylic oxidation sites excluding steroid dienone is 3. The molecule has 0 fully saturated rings. The Morgan fingerprint density at radius 2 is 1.87 bits per heavy atom. The van der Waals surface area contributed by atoms with Gasteiger partial charge in [-0.2, -0.15) is 0 Å². The third kappa shape index (κ3) is 2.38. The molecular formula is C14H16O. The minimum absolute atomic E-state index is 0.814. The first-order valence-corrected chi connectivity index (χ1v) is 4.92. The molecule has 15 heavy (non-hydrogen) atoms. The Morgan fingerprint density at radius 3 is 2.40 bits per heavy atom. The number of rotatable bonds is 4. The average Bonchev–Trinajstić information content (AvgIpc) is 2.54. The van der Waals surface area contributed by atoms with E-state index in [0.29, 0.717) is 0 Å². The summed E-state index contributed by atoms with van der Waals surface area (Å²) in [4.78, 5) is 0. The highest BCUT2D eigenvalue weighted by Gasteiger charge is 2.09. The fourth-order valence-corrected chi connectivity index (χ4v) is 1.41. The van der Waals surface area contributed by atoms with E-state index < -0.39 is 0 Å². The normalized spacial score (nSPS) is 11.3. The van der Waals surface area contributed by atoms with Gasteiger partial charge in [0.2, 0.25) is 0 Å². The van der Waals surface area contributed by atoms with Crippen LogP contribution in [0.25, 0.3) is 18.2 Å². The van der Waals surface area contributed by atoms with E-state index in [0.717, 1.165) is 22.6 Å². The van der Waals surface area contributed by atoms with Gasteiger partial charge in [0.05, 0.1) is 0 Å². The first-order valence-electron chi connectivity index (χ1n) is 4.92. The van der Waals surface area contributed by atoms with Crippen LogP contribution in [-0.4, -0.2) is 0 Å². The van der Waals surface area contributed by atoms with Crippen molar-refractivity contribution in [2.45, 2.75) is 13.8 Å². The Morgan fingerprint density at radius 1 is 1.13 bits per heavy atom. The molecule has 0 amide bonds. The zero-order chi connectivity index (χ0) is 11.3. The topological polar surface area (TPSA) is 13.1 Å². The molecule has 0 aromatic carbocycles. The van der Waals surface area contributed by atoms with Gasteiger partial charge in [-0.25, -0.2) is 0 Å². The van der Waals surface area contributed by atoms with Crippen LogP contribution < -0.4 is 0 Å². The van der Waals surface area contributed by atoms with Gasteiger partial charge in [0.25, 0.3) is 0 Å². The van der Waals surface area contributed by atoms with Gasteiger partial charge in [-0.05, 0) is 26.0 Å². The lowest BCUT2D eigenvalue weighted by Crippen LogP contribution is -1.76. The van der Waals surface area contributed by atoms with Gasteiger partial charge in [0.15, 0.2) is 0 Å². The van der Waals surface area contributed by atoms with Crippen LogP contribution in [0.2, 0.25) is 0 Å². The molecule has 78 valence electrons. The van der Waals surface area contributed by atoms with Crippen molar-refractivity contribution in [2.24, 2.45) is 0 Å². The molecule has 0 N–H and O–H groups in total. The van der Waals surface area contributed by atoms with Crippen LogP contribution in [0.5, 0.6) is 0 Å². The summed E-state index contributed by atoms with van der Waals surface area (Å²) in [6.45, 7) is 11.4.